The third-order valence-corrected chi connectivity index (χ3v) is 2.15. The normalized spacial score (nSPS) is 11.9. The van der Waals surface area contributed by atoms with Crippen LogP contribution in [-0.2, 0) is 9.53 Å². The Balaban J connectivity index is 2.47. The first-order valence-electron chi connectivity index (χ1n) is 5.99. The van der Waals surface area contributed by atoms with E-state index in [-0.39, 0.29) is 12.5 Å². The maximum absolute atomic E-state index is 11.0. The van der Waals surface area contributed by atoms with E-state index in [0.717, 1.165) is 6.42 Å². The van der Waals surface area contributed by atoms with Crippen LogP contribution in [0.2, 0.25) is 0 Å². The van der Waals surface area contributed by atoms with Crippen molar-refractivity contribution in [2.24, 2.45) is 0 Å². The highest BCUT2D eigenvalue weighted by Crippen LogP contribution is 2.14. The number of nitrogens with two attached hydrogens (primary N) is 1. The molecule has 1 aromatic carbocycles. The zero-order valence-electron chi connectivity index (χ0n) is 10.8. The smallest absolute Gasteiger partial charge is 0.218 e. The molecule has 0 heterocycles. The van der Waals surface area contributed by atoms with Gasteiger partial charge in [-0.25, -0.2) is 0 Å². The maximum Gasteiger partial charge on any atom is 0.218 e. The van der Waals surface area contributed by atoms with Gasteiger partial charge in [0.05, 0.1) is 0 Å². The van der Waals surface area contributed by atoms with Crippen molar-refractivity contribution in [1.29, 1.82) is 0 Å². The second kappa shape index (κ2) is 7.55. The van der Waals surface area contributed by atoms with Crippen molar-refractivity contribution >= 4 is 11.6 Å². The molecule has 0 bridgehead atoms. The van der Waals surface area contributed by atoms with Gasteiger partial charge in [0.25, 0.3) is 0 Å². The number of rotatable bonds is 7. The molecule has 3 N–H and O–H groups in total. The fourth-order valence-electron chi connectivity index (χ4n) is 1.39. The monoisotopic (exact) mass is 252 g/mol. The Morgan fingerprint density at radius 1 is 1.50 bits per heavy atom. The largest absolute Gasteiger partial charge is 0.489 e. The Morgan fingerprint density at radius 2 is 2.28 bits per heavy atom. The minimum atomic E-state index is -0.441. The van der Waals surface area contributed by atoms with Gasteiger partial charge in [0, 0.05) is 25.3 Å². The SMILES string of the molecule is CCCOC(COc1cccc(N)c1)NC(C)=O. The average molecular weight is 252 g/mol. The Kier molecular flexibility index (Phi) is 6.00. The van der Waals surface area contributed by atoms with Crippen LogP contribution in [0.4, 0.5) is 5.69 Å². The van der Waals surface area contributed by atoms with Gasteiger partial charge < -0.3 is 20.5 Å². The number of hydrogen-bond donors (Lipinski definition) is 2. The molecule has 0 radical (unpaired) electrons. The summed E-state index contributed by atoms with van der Waals surface area (Å²) in [7, 11) is 0. The molecular formula is C13H20N2O3. The van der Waals surface area contributed by atoms with Crippen molar-refractivity contribution < 1.29 is 14.3 Å². The molecule has 0 saturated heterocycles. The number of carbonyl (C=O) groups excluding carboxylic acids is 1. The summed E-state index contributed by atoms with van der Waals surface area (Å²) in [6, 6.07) is 7.13. The Hall–Kier alpha value is -1.75. The zero-order valence-corrected chi connectivity index (χ0v) is 10.8. The lowest BCUT2D eigenvalue weighted by Crippen LogP contribution is -2.40. The third kappa shape index (κ3) is 5.54. The average Bonchev–Trinajstić information content (AvgIpc) is 2.32. The molecule has 0 aliphatic carbocycles. The summed E-state index contributed by atoms with van der Waals surface area (Å²) in [5.74, 6) is 0.512. The van der Waals surface area contributed by atoms with Gasteiger partial charge in [-0.1, -0.05) is 13.0 Å². The van der Waals surface area contributed by atoms with Gasteiger partial charge >= 0.3 is 0 Å². The minimum absolute atomic E-state index is 0.146. The molecule has 18 heavy (non-hydrogen) atoms. The predicted octanol–water partition coefficient (Wildman–Crippen LogP) is 1.54. The van der Waals surface area contributed by atoms with Crippen LogP contribution in [0.15, 0.2) is 24.3 Å². The van der Waals surface area contributed by atoms with Gasteiger partial charge in [-0.3, -0.25) is 4.79 Å². The van der Waals surface area contributed by atoms with Crippen molar-refractivity contribution in [1.82, 2.24) is 5.32 Å². The maximum atomic E-state index is 11.0. The van der Waals surface area contributed by atoms with Gasteiger partial charge in [0.2, 0.25) is 5.91 Å². The molecule has 1 aromatic rings. The molecule has 1 amide bonds. The van der Waals surface area contributed by atoms with Gasteiger partial charge in [-0.15, -0.1) is 0 Å². The number of amides is 1. The van der Waals surface area contributed by atoms with Crippen LogP contribution in [0.25, 0.3) is 0 Å². The molecule has 5 nitrogen and oxygen atoms in total. The molecule has 0 fully saturated rings. The predicted molar refractivity (Wildman–Crippen MR) is 70.2 cm³/mol. The van der Waals surface area contributed by atoms with Crippen molar-refractivity contribution in [3.8, 4) is 5.75 Å². The van der Waals surface area contributed by atoms with E-state index in [4.69, 9.17) is 15.2 Å². The summed E-state index contributed by atoms with van der Waals surface area (Å²) in [5, 5.41) is 2.68. The van der Waals surface area contributed by atoms with Gasteiger partial charge in [-0.05, 0) is 18.6 Å². The minimum Gasteiger partial charge on any atom is -0.489 e. The van der Waals surface area contributed by atoms with E-state index in [2.05, 4.69) is 5.32 Å². The van der Waals surface area contributed by atoms with Crippen LogP contribution in [0, 0.1) is 0 Å². The second-order valence-corrected chi connectivity index (χ2v) is 3.94. The molecule has 0 aliphatic heterocycles. The highest BCUT2D eigenvalue weighted by Gasteiger charge is 2.10. The summed E-state index contributed by atoms with van der Waals surface area (Å²) in [6.45, 7) is 4.28. The van der Waals surface area contributed by atoms with E-state index in [1.807, 2.05) is 13.0 Å². The first kappa shape index (κ1) is 14.3. The summed E-state index contributed by atoms with van der Waals surface area (Å²) < 4.78 is 11.0. The quantitative estimate of drug-likeness (QED) is 0.570. The van der Waals surface area contributed by atoms with E-state index in [9.17, 15) is 4.79 Å². The summed E-state index contributed by atoms with van der Waals surface area (Å²) in [4.78, 5) is 11.0. The fourth-order valence-corrected chi connectivity index (χ4v) is 1.39. The number of carbonyl (C=O) groups is 1. The first-order chi connectivity index (χ1) is 8.61. The van der Waals surface area contributed by atoms with Crippen molar-refractivity contribution in [3.05, 3.63) is 24.3 Å². The van der Waals surface area contributed by atoms with Crippen molar-refractivity contribution in [3.63, 3.8) is 0 Å². The van der Waals surface area contributed by atoms with Crippen LogP contribution >= 0.6 is 0 Å². The first-order valence-corrected chi connectivity index (χ1v) is 5.99. The number of nitrogen functional groups attached to an aromatic ring is 1. The molecule has 0 aliphatic rings. The highest BCUT2D eigenvalue weighted by molar-refractivity contribution is 5.73. The molecule has 1 unspecified atom stereocenters. The van der Waals surface area contributed by atoms with Gasteiger partial charge in [-0.2, -0.15) is 0 Å². The second-order valence-electron chi connectivity index (χ2n) is 3.94. The molecular weight excluding hydrogens is 232 g/mol. The van der Waals surface area contributed by atoms with Crippen molar-refractivity contribution in [2.75, 3.05) is 18.9 Å². The molecule has 1 rings (SSSR count). The summed E-state index contributed by atoms with van der Waals surface area (Å²) in [5.41, 5.74) is 6.28. The van der Waals surface area contributed by atoms with Crippen molar-refractivity contribution in [2.45, 2.75) is 26.5 Å². The van der Waals surface area contributed by atoms with E-state index in [1.165, 1.54) is 6.92 Å². The molecule has 0 spiro atoms. The Morgan fingerprint density at radius 3 is 2.89 bits per heavy atom. The zero-order chi connectivity index (χ0) is 13.4. The van der Waals surface area contributed by atoms with Gasteiger partial charge in [0.1, 0.15) is 12.4 Å². The van der Waals surface area contributed by atoms with Crippen LogP contribution in [0.5, 0.6) is 5.75 Å². The Labute approximate surface area is 107 Å². The molecule has 5 heteroatoms. The van der Waals surface area contributed by atoms with E-state index in [0.29, 0.717) is 18.0 Å². The van der Waals surface area contributed by atoms with E-state index < -0.39 is 6.23 Å². The van der Waals surface area contributed by atoms with Crippen LogP contribution in [0.1, 0.15) is 20.3 Å². The molecule has 0 saturated carbocycles. The number of anilines is 1. The number of hydrogen-bond acceptors (Lipinski definition) is 4. The Bertz CT molecular complexity index is 382. The topological polar surface area (TPSA) is 73.6 Å². The van der Waals surface area contributed by atoms with Crippen LogP contribution < -0.4 is 15.8 Å². The standard InChI is InChI=1S/C13H20N2O3/c1-3-7-17-13(15-10(2)16)9-18-12-6-4-5-11(14)8-12/h4-6,8,13H,3,7,9,14H2,1-2H3,(H,15,16). The lowest BCUT2D eigenvalue weighted by Gasteiger charge is -2.19. The number of nitrogens with one attached hydrogen (secondary N) is 1. The molecule has 100 valence electrons. The molecule has 1 atom stereocenters. The van der Waals surface area contributed by atoms with E-state index >= 15 is 0 Å². The summed E-state index contributed by atoms with van der Waals surface area (Å²) in [6.07, 6.45) is 0.442. The fraction of sp³-hybridized carbons (Fsp3) is 0.462. The lowest BCUT2D eigenvalue weighted by molar-refractivity contribution is -0.124. The summed E-state index contributed by atoms with van der Waals surface area (Å²) >= 11 is 0. The van der Waals surface area contributed by atoms with Gasteiger partial charge in [0.15, 0.2) is 6.23 Å². The third-order valence-electron chi connectivity index (χ3n) is 2.15. The lowest BCUT2D eigenvalue weighted by atomic mass is 10.3. The number of benzene rings is 1. The van der Waals surface area contributed by atoms with Crippen LogP contribution in [-0.4, -0.2) is 25.3 Å². The van der Waals surface area contributed by atoms with E-state index in [1.54, 1.807) is 18.2 Å². The van der Waals surface area contributed by atoms with Crippen LogP contribution in [0.3, 0.4) is 0 Å². The highest BCUT2D eigenvalue weighted by atomic mass is 16.5. The number of ether oxygens (including phenoxy) is 2. The molecule has 0 aromatic heterocycles.